The van der Waals surface area contributed by atoms with Gasteiger partial charge in [-0.3, -0.25) is 4.79 Å². The zero-order valence-electron chi connectivity index (χ0n) is 12.2. The molecule has 18 heavy (non-hydrogen) atoms. The third-order valence-corrected chi connectivity index (χ3v) is 4.04. The first-order valence-electron chi connectivity index (χ1n) is 7.04. The van der Waals surface area contributed by atoms with E-state index in [9.17, 15) is 4.79 Å². The average molecular weight is 256 g/mol. The quantitative estimate of drug-likeness (QED) is 0.762. The van der Waals surface area contributed by atoms with Crippen LogP contribution in [0.5, 0.6) is 0 Å². The zero-order chi connectivity index (χ0) is 13.8. The number of nitrogens with one attached hydrogen (secondary N) is 1. The minimum Gasteiger partial charge on any atom is -0.376 e. The van der Waals surface area contributed by atoms with Crippen LogP contribution in [0, 0.1) is 5.92 Å². The third kappa shape index (κ3) is 4.25. The molecule has 3 N–H and O–H groups in total. The number of carbonyl (C=O) groups is 1. The second kappa shape index (κ2) is 6.53. The van der Waals surface area contributed by atoms with Crippen molar-refractivity contribution in [3.05, 3.63) is 0 Å². The molecule has 106 valence electrons. The number of amides is 1. The van der Waals surface area contributed by atoms with E-state index in [1.54, 1.807) is 0 Å². The lowest BCUT2D eigenvalue weighted by Gasteiger charge is -2.30. The van der Waals surface area contributed by atoms with Gasteiger partial charge in [0, 0.05) is 18.6 Å². The highest BCUT2D eigenvalue weighted by Gasteiger charge is 2.38. The Hall–Kier alpha value is -0.610. The lowest BCUT2D eigenvalue weighted by atomic mass is 9.92. The molecule has 1 heterocycles. The number of nitrogens with two attached hydrogens (primary N) is 1. The maximum absolute atomic E-state index is 12.1. The molecule has 4 unspecified atom stereocenters. The van der Waals surface area contributed by atoms with Gasteiger partial charge in [-0.2, -0.15) is 0 Å². The molecule has 4 atom stereocenters. The first-order valence-corrected chi connectivity index (χ1v) is 7.04. The van der Waals surface area contributed by atoms with Crippen molar-refractivity contribution in [2.24, 2.45) is 11.7 Å². The minimum atomic E-state index is -0.202. The number of hydrogen-bond acceptors (Lipinski definition) is 3. The van der Waals surface area contributed by atoms with E-state index in [-0.39, 0.29) is 29.5 Å². The summed E-state index contributed by atoms with van der Waals surface area (Å²) >= 11 is 0. The summed E-state index contributed by atoms with van der Waals surface area (Å²) < 4.78 is 5.53. The van der Waals surface area contributed by atoms with Crippen molar-refractivity contribution < 1.29 is 9.53 Å². The Morgan fingerprint density at radius 1 is 1.50 bits per heavy atom. The Morgan fingerprint density at radius 2 is 2.17 bits per heavy atom. The molecule has 0 spiro atoms. The van der Waals surface area contributed by atoms with Gasteiger partial charge in [0.2, 0.25) is 5.91 Å². The summed E-state index contributed by atoms with van der Waals surface area (Å²) in [5.74, 6) is 0.188. The fourth-order valence-corrected chi connectivity index (χ4v) is 2.28. The van der Waals surface area contributed by atoms with Crippen LogP contribution >= 0.6 is 0 Å². The van der Waals surface area contributed by atoms with Crippen LogP contribution in [-0.4, -0.2) is 30.2 Å². The molecular weight excluding hydrogens is 228 g/mol. The van der Waals surface area contributed by atoms with Crippen molar-refractivity contribution in [2.45, 2.75) is 71.1 Å². The molecule has 1 aliphatic heterocycles. The zero-order valence-corrected chi connectivity index (χ0v) is 12.2. The van der Waals surface area contributed by atoms with E-state index in [1.165, 1.54) is 0 Å². The van der Waals surface area contributed by atoms with E-state index in [0.717, 1.165) is 32.3 Å². The number of carbonyl (C=O) groups excluding carboxylic acids is 1. The monoisotopic (exact) mass is 256 g/mol. The van der Waals surface area contributed by atoms with Crippen molar-refractivity contribution in [1.29, 1.82) is 0 Å². The summed E-state index contributed by atoms with van der Waals surface area (Å²) in [6.45, 7) is 8.81. The Kier molecular flexibility index (Phi) is 5.60. The average Bonchev–Trinajstić information content (AvgIpc) is 2.58. The Morgan fingerprint density at radius 3 is 2.67 bits per heavy atom. The molecule has 0 saturated carbocycles. The lowest BCUT2D eigenvalue weighted by Crippen LogP contribution is -2.52. The highest BCUT2D eigenvalue weighted by atomic mass is 16.5. The first-order chi connectivity index (χ1) is 8.35. The summed E-state index contributed by atoms with van der Waals surface area (Å²) in [7, 11) is 0. The lowest BCUT2D eigenvalue weighted by molar-refractivity contribution is -0.127. The molecule has 1 aliphatic rings. The van der Waals surface area contributed by atoms with Crippen LogP contribution < -0.4 is 11.1 Å². The molecule has 0 bridgehead atoms. The van der Waals surface area contributed by atoms with E-state index in [4.69, 9.17) is 10.5 Å². The van der Waals surface area contributed by atoms with Gasteiger partial charge in [0.15, 0.2) is 0 Å². The topological polar surface area (TPSA) is 64.4 Å². The number of rotatable bonds is 6. The van der Waals surface area contributed by atoms with Gasteiger partial charge < -0.3 is 15.8 Å². The smallest absolute Gasteiger partial charge is 0.223 e. The molecule has 0 aromatic rings. The molecular formula is C14H28N2O2. The molecule has 0 radical (unpaired) electrons. The Balaban J connectivity index is 2.35. The van der Waals surface area contributed by atoms with E-state index in [0.29, 0.717) is 0 Å². The first kappa shape index (κ1) is 15.4. The molecule has 1 amide bonds. The van der Waals surface area contributed by atoms with Gasteiger partial charge in [-0.1, -0.05) is 13.3 Å². The van der Waals surface area contributed by atoms with E-state index in [2.05, 4.69) is 12.2 Å². The van der Waals surface area contributed by atoms with Crippen LogP contribution in [0.4, 0.5) is 0 Å². The van der Waals surface area contributed by atoms with Crippen LogP contribution in [0.3, 0.4) is 0 Å². The van der Waals surface area contributed by atoms with E-state index < -0.39 is 0 Å². The number of ether oxygens (including phenoxy) is 1. The maximum Gasteiger partial charge on any atom is 0.223 e. The van der Waals surface area contributed by atoms with Crippen LogP contribution in [0.15, 0.2) is 0 Å². The second-order valence-electron chi connectivity index (χ2n) is 5.98. The Labute approximate surface area is 111 Å². The van der Waals surface area contributed by atoms with Gasteiger partial charge in [-0.05, 0) is 40.0 Å². The van der Waals surface area contributed by atoms with Crippen molar-refractivity contribution in [3.63, 3.8) is 0 Å². The van der Waals surface area contributed by atoms with Crippen LogP contribution in [0.1, 0.15) is 53.4 Å². The SMILES string of the molecule is CC(N)CCCC(C)C(=O)NC1(C)CCOC1C. The Bertz CT molecular complexity index is 281. The van der Waals surface area contributed by atoms with Crippen LogP contribution in [0.25, 0.3) is 0 Å². The van der Waals surface area contributed by atoms with Crippen molar-refractivity contribution >= 4 is 5.91 Å². The summed E-state index contributed by atoms with van der Waals surface area (Å²) in [4.78, 5) is 12.1. The molecule has 0 aromatic carbocycles. The van der Waals surface area contributed by atoms with Gasteiger partial charge in [-0.15, -0.1) is 0 Å². The number of hydrogen-bond donors (Lipinski definition) is 2. The molecule has 1 rings (SSSR count). The fourth-order valence-electron chi connectivity index (χ4n) is 2.28. The normalized spacial score (nSPS) is 31.1. The second-order valence-corrected chi connectivity index (χ2v) is 5.98. The third-order valence-electron chi connectivity index (χ3n) is 4.04. The summed E-state index contributed by atoms with van der Waals surface area (Å²) in [6.07, 6.45) is 3.88. The summed E-state index contributed by atoms with van der Waals surface area (Å²) in [5.41, 5.74) is 5.51. The molecule has 1 fully saturated rings. The van der Waals surface area contributed by atoms with Gasteiger partial charge in [0.05, 0.1) is 11.6 Å². The van der Waals surface area contributed by atoms with Crippen molar-refractivity contribution in [1.82, 2.24) is 5.32 Å². The van der Waals surface area contributed by atoms with Gasteiger partial charge in [-0.25, -0.2) is 0 Å². The molecule has 0 aromatic heterocycles. The van der Waals surface area contributed by atoms with Gasteiger partial charge in [0.25, 0.3) is 0 Å². The fraction of sp³-hybridized carbons (Fsp3) is 0.929. The van der Waals surface area contributed by atoms with Crippen molar-refractivity contribution in [3.8, 4) is 0 Å². The van der Waals surface area contributed by atoms with Crippen LogP contribution in [0.2, 0.25) is 0 Å². The summed E-state index contributed by atoms with van der Waals surface area (Å²) in [5, 5.41) is 3.15. The van der Waals surface area contributed by atoms with Crippen molar-refractivity contribution in [2.75, 3.05) is 6.61 Å². The van der Waals surface area contributed by atoms with Gasteiger partial charge >= 0.3 is 0 Å². The molecule has 1 saturated heterocycles. The predicted molar refractivity (Wildman–Crippen MR) is 73.2 cm³/mol. The van der Waals surface area contributed by atoms with Crippen LogP contribution in [-0.2, 0) is 9.53 Å². The maximum atomic E-state index is 12.1. The molecule has 0 aliphatic carbocycles. The molecule has 4 nitrogen and oxygen atoms in total. The highest BCUT2D eigenvalue weighted by molar-refractivity contribution is 5.79. The molecule has 4 heteroatoms. The summed E-state index contributed by atoms with van der Waals surface area (Å²) in [6, 6.07) is 0.223. The van der Waals surface area contributed by atoms with E-state index >= 15 is 0 Å². The van der Waals surface area contributed by atoms with Gasteiger partial charge in [0.1, 0.15) is 0 Å². The standard InChI is InChI=1S/C14H28N2O2/c1-10(6-5-7-11(2)15)13(17)16-14(4)8-9-18-12(14)3/h10-12H,5-9,15H2,1-4H3,(H,16,17). The minimum absolute atomic E-state index is 0.0494. The van der Waals surface area contributed by atoms with E-state index in [1.807, 2.05) is 20.8 Å². The predicted octanol–water partition coefficient (Wildman–Crippen LogP) is 1.82. The highest BCUT2D eigenvalue weighted by Crippen LogP contribution is 2.25. The largest absolute Gasteiger partial charge is 0.376 e.